The third kappa shape index (κ3) is 5.47. The van der Waals surface area contributed by atoms with Gasteiger partial charge in [0, 0.05) is 10.7 Å². The van der Waals surface area contributed by atoms with Gasteiger partial charge in [-0.15, -0.1) is 0 Å². The SMILES string of the molecule is CCc1cc(C)cc(C)c1OCC(C)SP1(=S)OCC(C)(C)CO1. The molecule has 1 unspecified atom stereocenters. The van der Waals surface area contributed by atoms with Gasteiger partial charge in [-0.1, -0.05) is 49.8 Å². The van der Waals surface area contributed by atoms with Gasteiger partial charge in [0.2, 0.25) is 5.69 Å². The molecule has 1 aliphatic heterocycles. The quantitative estimate of drug-likeness (QED) is 0.586. The van der Waals surface area contributed by atoms with Crippen LogP contribution in [-0.2, 0) is 27.3 Å². The monoisotopic (exact) mass is 388 g/mol. The van der Waals surface area contributed by atoms with E-state index in [-0.39, 0.29) is 10.7 Å². The van der Waals surface area contributed by atoms with Crippen LogP contribution in [-0.4, -0.2) is 25.1 Å². The Kier molecular flexibility index (Phi) is 6.83. The van der Waals surface area contributed by atoms with E-state index in [0.717, 1.165) is 12.2 Å². The van der Waals surface area contributed by atoms with Crippen molar-refractivity contribution < 1.29 is 13.8 Å². The van der Waals surface area contributed by atoms with E-state index in [9.17, 15) is 0 Å². The second-order valence-electron chi connectivity index (χ2n) is 7.31. The highest BCUT2D eigenvalue weighted by Crippen LogP contribution is 2.65. The maximum absolute atomic E-state index is 6.14. The first-order chi connectivity index (χ1) is 11.1. The van der Waals surface area contributed by atoms with Gasteiger partial charge < -0.3 is 13.8 Å². The number of ether oxygens (including phenoxy) is 1. The fourth-order valence-electron chi connectivity index (χ4n) is 2.61. The summed E-state index contributed by atoms with van der Waals surface area (Å²) in [5.41, 5.74) is 1.55. The average molecular weight is 389 g/mol. The lowest BCUT2D eigenvalue weighted by atomic mass is 9.97. The first-order valence-corrected chi connectivity index (χ1v) is 12.6. The molecular weight excluding hydrogens is 359 g/mol. The smallest absolute Gasteiger partial charge is 0.247 e. The minimum absolute atomic E-state index is 0.0532. The molecule has 1 saturated heterocycles. The van der Waals surface area contributed by atoms with Crippen molar-refractivity contribution in [3.63, 3.8) is 0 Å². The Hall–Kier alpha value is -0.0600. The lowest BCUT2D eigenvalue weighted by Crippen LogP contribution is -2.29. The molecule has 136 valence electrons. The van der Waals surface area contributed by atoms with Crippen molar-refractivity contribution in [2.75, 3.05) is 19.8 Å². The highest BCUT2D eigenvalue weighted by Gasteiger charge is 2.35. The molecule has 0 aromatic heterocycles. The molecule has 1 aromatic rings. The molecule has 24 heavy (non-hydrogen) atoms. The van der Waals surface area contributed by atoms with E-state index in [0.29, 0.717) is 19.8 Å². The van der Waals surface area contributed by atoms with Gasteiger partial charge in [0.15, 0.2) is 0 Å². The molecule has 0 radical (unpaired) electrons. The summed E-state index contributed by atoms with van der Waals surface area (Å²) in [7, 11) is 0. The van der Waals surface area contributed by atoms with Crippen molar-refractivity contribution in [2.45, 2.75) is 53.2 Å². The van der Waals surface area contributed by atoms with E-state index in [1.165, 1.54) is 16.7 Å². The highest BCUT2D eigenvalue weighted by molar-refractivity contribution is 8.68. The summed E-state index contributed by atoms with van der Waals surface area (Å²) in [5, 5.41) is 0.224. The van der Waals surface area contributed by atoms with Crippen LogP contribution < -0.4 is 4.74 Å². The fraction of sp³-hybridized carbons (Fsp3) is 0.667. The third-order valence-electron chi connectivity index (χ3n) is 3.88. The summed E-state index contributed by atoms with van der Waals surface area (Å²) in [6.07, 6.45) is 0.971. The molecule has 1 aliphatic rings. The van der Waals surface area contributed by atoms with Crippen LogP contribution in [0.5, 0.6) is 5.75 Å². The summed E-state index contributed by atoms with van der Waals surface area (Å²) in [6.45, 7) is 14.7. The second kappa shape index (κ2) is 8.09. The molecular formula is C18H29O3PS2. The Morgan fingerprint density at radius 2 is 1.92 bits per heavy atom. The molecule has 0 aliphatic carbocycles. The largest absolute Gasteiger partial charge is 0.492 e. The van der Waals surface area contributed by atoms with Gasteiger partial charge in [-0.25, -0.2) is 0 Å². The normalized spacial score (nSPS) is 20.6. The predicted molar refractivity (Wildman–Crippen MR) is 108 cm³/mol. The van der Waals surface area contributed by atoms with Crippen LogP contribution in [0.4, 0.5) is 0 Å². The molecule has 0 saturated carbocycles. The highest BCUT2D eigenvalue weighted by atomic mass is 32.9. The van der Waals surface area contributed by atoms with Crippen molar-refractivity contribution in [1.29, 1.82) is 0 Å². The molecule has 3 nitrogen and oxygen atoms in total. The minimum Gasteiger partial charge on any atom is -0.492 e. The Morgan fingerprint density at radius 1 is 1.29 bits per heavy atom. The Labute approximate surface area is 155 Å². The van der Waals surface area contributed by atoms with Gasteiger partial charge in [-0.05, 0) is 50.1 Å². The standard InChI is InChI=1S/C18H29O3PS2/c1-7-16-9-13(2)8-14(3)17(16)19-10-15(4)24-22(23)20-11-18(5,6)12-21-22/h8-9,15H,7,10-12H2,1-6H3. The Bertz CT molecular complexity index is 617. The van der Waals surface area contributed by atoms with Gasteiger partial charge in [0.1, 0.15) is 12.4 Å². The van der Waals surface area contributed by atoms with Crippen molar-refractivity contribution >= 4 is 28.9 Å². The molecule has 0 spiro atoms. The van der Waals surface area contributed by atoms with E-state index in [4.69, 9.17) is 25.6 Å². The summed E-state index contributed by atoms with van der Waals surface area (Å²) >= 11 is 7.25. The zero-order chi connectivity index (χ0) is 18.0. The molecule has 0 bridgehead atoms. The number of rotatable bonds is 6. The zero-order valence-electron chi connectivity index (χ0n) is 15.5. The van der Waals surface area contributed by atoms with Gasteiger partial charge in [-0.3, -0.25) is 0 Å². The van der Waals surface area contributed by atoms with E-state index in [2.05, 4.69) is 53.7 Å². The van der Waals surface area contributed by atoms with E-state index in [1.807, 2.05) is 0 Å². The summed E-state index contributed by atoms with van der Waals surface area (Å²) in [6, 6.07) is 4.38. The molecule has 2 rings (SSSR count). The lowest BCUT2D eigenvalue weighted by Gasteiger charge is -2.36. The molecule has 1 fully saturated rings. The average Bonchev–Trinajstić information content (AvgIpc) is 2.49. The lowest BCUT2D eigenvalue weighted by molar-refractivity contribution is 0.0671. The number of hydrogen-bond donors (Lipinski definition) is 0. The zero-order valence-corrected chi connectivity index (χ0v) is 18.1. The second-order valence-corrected chi connectivity index (χ2v) is 13.9. The molecule has 0 amide bonds. The van der Waals surface area contributed by atoms with Crippen LogP contribution in [0.15, 0.2) is 12.1 Å². The third-order valence-corrected chi connectivity index (χ3v) is 9.41. The van der Waals surface area contributed by atoms with Crippen molar-refractivity contribution in [3.8, 4) is 5.75 Å². The summed E-state index contributed by atoms with van der Waals surface area (Å²) < 4.78 is 17.9. The van der Waals surface area contributed by atoms with Gasteiger partial charge in [-0.2, -0.15) is 0 Å². The molecule has 6 heteroatoms. The van der Waals surface area contributed by atoms with Crippen LogP contribution in [0.1, 0.15) is 44.4 Å². The Morgan fingerprint density at radius 3 is 2.50 bits per heavy atom. The topological polar surface area (TPSA) is 27.7 Å². The van der Waals surface area contributed by atoms with Crippen LogP contribution in [0.25, 0.3) is 0 Å². The summed E-state index contributed by atoms with van der Waals surface area (Å²) in [5.74, 6) is 1.01. The van der Waals surface area contributed by atoms with Crippen LogP contribution in [0.2, 0.25) is 0 Å². The molecule has 1 atom stereocenters. The maximum atomic E-state index is 6.14. The van der Waals surface area contributed by atoms with Gasteiger partial charge in [0.25, 0.3) is 0 Å². The first-order valence-electron chi connectivity index (χ1n) is 8.44. The Balaban J connectivity index is 1.95. The minimum atomic E-state index is -2.24. The summed E-state index contributed by atoms with van der Waals surface area (Å²) in [4.78, 5) is 0. The van der Waals surface area contributed by atoms with Crippen LogP contribution in [0, 0.1) is 19.3 Å². The van der Waals surface area contributed by atoms with Crippen LogP contribution >= 0.6 is 17.1 Å². The van der Waals surface area contributed by atoms with E-state index >= 15 is 0 Å². The van der Waals surface area contributed by atoms with E-state index < -0.39 is 5.69 Å². The maximum Gasteiger partial charge on any atom is 0.247 e. The number of aryl methyl sites for hydroxylation is 3. The fourth-order valence-corrected chi connectivity index (χ4v) is 8.22. The first kappa shape index (κ1) is 20.3. The molecule has 1 aromatic carbocycles. The van der Waals surface area contributed by atoms with Crippen molar-refractivity contribution in [1.82, 2.24) is 0 Å². The van der Waals surface area contributed by atoms with Crippen LogP contribution in [0.3, 0.4) is 0 Å². The molecule has 0 N–H and O–H groups in total. The predicted octanol–water partition coefficient (Wildman–Crippen LogP) is 5.66. The van der Waals surface area contributed by atoms with E-state index in [1.54, 1.807) is 11.4 Å². The van der Waals surface area contributed by atoms with Crippen molar-refractivity contribution in [3.05, 3.63) is 28.8 Å². The number of hydrogen-bond acceptors (Lipinski definition) is 5. The van der Waals surface area contributed by atoms with Crippen molar-refractivity contribution in [2.24, 2.45) is 5.41 Å². The number of benzene rings is 1. The van der Waals surface area contributed by atoms with Gasteiger partial charge >= 0.3 is 0 Å². The van der Waals surface area contributed by atoms with Gasteiger partial charge in [0.05, 0.1) is 13.2 Å². The molecule has 1 heterocycles.